The van der Waals surface area contributed by atoms with E-state index in [2.05, 4.69) is 9.80 Å². The van der Waals surface area contributed by atoms with E-state index in [0.717, 1.165) is 42.6 Å². The molecule has 6 nitrogen and oxygen atoms in total. The minimum absolute atomic E-state index is 0. The molecule has 0 N–H and O–H groups in total. The van der Waals surface area contributed by atoms with Gasteiger partial charge in [0.1, 0.15) is 5.58 Å². The molecule has 3 heterocycles. The molecule has 0 aliphatic carbocycles. The van der Waals surface area contributed by atoms with Crippen molar-refractivity contribution in [3.63, 3.8) is 0 Å². The lowest BCUT2D eigenvalue weighted by Gasteiger charge is -2.30. The first-order valence-corrected chi connectivity index (χ1v) is 10.3. The fourth-order valence-corrected chi connectivity index (χ4v) is 4.48. The van der Waals surface area contributed by atoms with E-state index in [9.17, 15) is 4.79 Å². The van der Waals surface area contributed by atoms with E-state index in [1.54, 1.807) is 20.3 Å². The van der Waals surface area contributed by atoms with E-state index in [1.807, 2.05) is 6.07 Å². The molecular formula is C22H32Cl2N2O4. The summed E-state index contributed by atoms with van der Waals surface area (Å²) in [5.41, 5.74) is 2.23. The van der Waals surface area contributed by atoms with Crippen LogP contribution in [0.15, 0.2) is 21.3 Å². The molecule has 2 aliphatic rings. The van der Waals surface area contributed by atoms with Gasteiger partial charge in [-0.15, -0.1) is 24.8 Å². The lowest BCUT2D eigenvalue weighted by molar-refractivity contribution is 0.194. The standard InChI is InChI=1S/C22H30N2O4.2ClH/c1-26-20-13-17-16-7-10-24(12-11-23-8-5-3-4-6-9-23)15-18(16)22(25)28-19(17)14-21(20)27-2;;/h13-14H,3-12,15H2,1-2H3;2*1H. The van der Waals surface area contributed by atoms with Crippen molar-refractivity contribution in [1.29, 1.82) is 0 Å². The van der Waals surface area contributed by atoms with E-state index in [1.165, 1.54) is 38.8 Å². The van der Waals surface area contributed by atoms with Gasteiger partial charge in [-0.1, -0.05) is 12.8 Å². The monoisotopic (exact) mass is 458 g/mol. The second-order valence-electron chi connectivity index (χ2n) is 7.83. The smallest absolute Gasteiger partial charge is 0.341 e. The minimum atomic E-state index is -0.228. The summed E-state index contributed by atoms with van der Waals surface area (Å²) >= 11 is 0. The highest BCUT2D eigenvalue weighted by atomic mass is 35.5. The zero-order valence-electron chi connectivity index (χ0n) is 17.8. The highest BCUT2D eigenvalue weighted by molar-refractivity contribution is 5.86. The Bertz CT molecular complexity index is 895. The molecule has 0 saturated carbocycles. The molecule has 1 aromatic heterocycles. The maximum Gasteiger partial charge on any atom is 0.341 e. The summed E-state index contributed by atoms with van der Waals surface area (Å²) in [6, 6.07) is 3.68. The fraction of sp³-hybridized carbons (Fsp3) is 0.591. The third kappa shape index (κ3) is 5.22. The van der Waals surface area contributed by atoms with E-state index < -0.39 is 0 Å². The van der Waals surface area contributed by atoms with Crippen LogP contribution < -0.4 is 15.1 Å². The Morgan fingerprint density at radius 2 is 1.50 bits per heavy atom. The summed E-state index contributed by atoms with van der Waals surface area (Å²) in [5, 5.41) is 0.958. The van der Waals surface area contributed by atoms with Crippen LogP contribution in [-0.4, -0.2) is 56.7 Å². The molecule has 0 spiro atoms. The Morgan fingerprint density at radius 3 is 2.17 bits per heavy atom. The molecule has 30 heavy (non-hydrogen) atoms. The highest BCUT2D eigenvalue weighted by Gasteiger charge is 2.24. The van der Waals surface area contributed by atoms with E-state index >= 15 is 0 Å². The van der Waals surface area contributed by atoms with Crippen LogP contribution in [0.2, 0.25) is 0 Å². The van der Waals surface area contributed by atoms with Gasteiger partial charge >= 0.3 is 5.63 Å². The van der Waals surface area contributed by atoms with Crippen LogP contribution >= 0.6 is 24.8 Å². The van der Waals surface area contributed by atoms with Crippen molar-refractivity contribution in [3.05, 3.63) is 33.7 Å². The topological polar surface area (TPSA) is 55.2 Å². The van der Waals surface area contributed by atoms with Gasteiger partial charge in [0.2, 0.25) is 0 Å². The number of hydrogen-bond donors (Lipinski definition) is 0. The van der Waals surface area contributed by atoms with E-state index in [-0.39, 0.29) is 30.4 Å². The lowest BCUT2D eigenvalue weighted by atomic mass is 9.97. The molecule has 0 atom stereocenters. The predicted molar refractivity (Wildman–Crippen MR) is 124 cm³/mol. The molecule has 0 unspecified atom stereocenters. The SMILES string of the molecule is COc1cc2oc(=O)c3c(c2cc1OC)CCN(CCN1CCCCCC1)C3.Cl.Cl. The number of nitrogens with zero attached hydrogens (tertiary/aromatic N) is 2. The van der Waals surface area contributed by atoms with Crippen LogP contribution in [0.4, 0.5) is 0 Å². The molecule has 0 radical (unpaired) electrons. The zero-order valence-corrected chi connectivity index (χ0v) is 19.4. The van der Waals surface area contributed by atoms with Crippen LogP contribution in [0.3, 0.4) is 0 Å². The van der Waals surface area contributed by atoms with Crippen molar-refractivity contribution in [1.82, 2.24) is 9.80 Å². The molecule has 8 heteroatoms. The van der Waals surface area contributed by atoms with Crippen molar-refractivity contribution in [2.24, 2.45) is 0 Å². The Hall–Kier alpha value is -1.47. The number of benzene rings is 1. The van der Waals surface area contributed by atoms with Crippen LogP contribution in [0, 0.1) is 0 Å². The summed E-state index contributed by atoms with van der Waals surface area (Å²) < 4.78 is 16.4. The quantitative estimate of drug-likeness (QED) is 0.633. The van der Waals surface area contributed by atoms with E-state index in [0.29, 0.717) is 23.6 Å². The second kappa shape index (κ2) is 11.2. The Balaban J connectivity index is 0.00000160. The van der Waals surface area contributed by atoms with Gasteiger partial charge in [-0.05, 0) is 44.0 Å². The second-order valence-corrected chi connectivity index (χ2v) is 7.83. The maximum atomic E-state index is 12.7. The first kappa shape index (κ1) is 24.8. The third-order valence-electron chi connectivity index (χ3n) is 6.12. The molecule has 1 aromatic carbocycles. The number of rotatable bonds is 5. The largest absolute Gasteiger partial charge is 0.493 e. The van der Waals surface area contributed by atoms with Crippen molar-refractivity contribution in [2.45, 2.75) is 38.6 Å². The Morgan fingerprint density at radius 1 is 0.867 bits per heavy atom. The first-order chi connectivity index (χ1) is 13.7. The van der Waals surface area contributed by atoms with Crippen molar-refractivity contribution < 1.29 is 13.9 Å². The molecule has 0 bridgehead atoms. The average molecular weight is 459 g/mol. The summed E-state index contributed by atoms with van der Waals surface area (Å²) in [7, 11) is 3.21. The van der Waals surface area contributed by atoms with Crippen molar-refractivity contribution in [3.8, 4) is 11.5 Å². The summed E-state index contributed by atoms with van der Waals surface area (Å²) in [5.74, 6) is 1.24. The van der Waals surface area contributed by atoms with Gasteiger partial charge in [0, 0.05) is 37.6 Å². The summed E-state index contributed by atoms with van der Waals surface area (Å²) in [4.78, 5) is 17.6. The zero-order chi connectivity index (χ0) is 19.5. The van der Waals surface area contributed by atoms with Gasteiger partial charge in [-0.2, -0.15) is 0 Å². The minimum Gasteiger partial charge on any atom is -0.493 e. The Kier molecular flexibility index (Phi) is 9.29. The summed E-state index contributed by atoms with van der Waals surface area (Å²) in [6.07, 6.45) is 6.19. The van der Waals surface area contributed by atoms with Gasteiger partial charge in [0.15, 0.2) is 11.5 Å². The van der Waals surface area contributed by atoms with Gasteiger partial charge < -0.3 is 18.8 Å². The fourth-order valence-electron chi connectivity index (χ4n) is 4.48. The van der Waals surface area contributed by atoms with Gasteiger partial charge in [-0.25, -0.2) is 4.79 Å². The van der Waals surface area contributed by atoms with Crippen molar-refractivity contribution in [2.75, 3.05) is 46.9 Å². The maximum absolute atomic E-state index is 12.7. The Labute approximate surface area is 190 Å². The first-order valence-electron chi connectivity index (χ1n) is 10.3. The van der Waals surface area contributed by atoms with Crippen molar-refractivity contribution >= 4 is 35.8 Å². The molecule has 168 valence electrons. The number of ether oxygens (including phenoxy) is 2. The van der Waals surface area contributed by atoms with Crippen LogP contribution in [-0.2, 0) is 13.0 Å². The molecular weight excluding hydrogens is 427 g/mol. The van der Waals surface area contributed by atoms with Crippen LogP contribution in [0.1, 0.15) is 36.8 Å². The lowest BCUT2D eigenvalue weighted by Crippen LogP contribution is -2.40. The number of likely N-dealkylation sites (tertiary alicyclic amines) is 1. The highest BCUT2D eigenvalue weighted by Crippen LogP contribution is 2.35. The van der Waals surface area contributed by atoms with Crippen LogP contribution in [0.5, 0.6) is 11.5 Å². The van der Waals surface area contributed by atoms with Gasteiger partial charge in [0.25, 0.3) is 0 Å². The van der Waals surface area contributed by atoms with Gasteiger partial charge in [-0.3, -0.25) is 4.90 Å². The molecule has 2 aromatic rings. The van der Waals surface area contributed by atoms with Gasteiger partial charge in [0.05, 0.1) is 19.8 Å². The number of halogens is 2. The third-order valence-corrected chi connectivity index (χ3v) is 6.12. The number of hydrogen-bond acceptors (Lipinski definition) is 6. The number of methoxy groups -OCH3 is 2. The molecule has 1 fully saturated rings. The number of fused-ring (bicyclic) bond motifs is 3. The predicted octanol–water partition coefficient (Wildman–Crippen LogP) is 3.89. The molecule has 0 amide bonds. The summed E-state index contributed by atoms with van der Waals surface area (Å²) in [6.45, 7) is 6.13. The molecule has 1 saturated heterocycles. The molecule has 4 rings (SSSR count). The molecule has 2 aliphatic heterocycles. The normalized spacial score (nSPS) is 17.4. The average Bonchev–Trinajstić information content (AvgIpc) is 3.00. The van der Waals surface area contributed by atoms with Crippen LogP contribution in [0.25, 0.3) is 11.0 Å². The van der Waals surface area contributed by atoms with E-state index in [4.69, 9.17) is 13.9 Å².